The molecule has 6 heteroatoms. The Morgan fingerprint density at radius 2 is 2.20 bits per heavy atom. The maximum Gasteiger partial charge on any atom is 0.390 e. The number of nitrogens with two attached hydrogens (primary N) is 1. The highest BCUT2D eigenvalue weighted by Crippen LogP contribution is 2.20. The minimum atomic E-state index is -4.12. The molecule has 0 spiro atoms. The van der Waals surface area contributed by atoms with Crippen molar-refractivity contribution in [2.45, 2.75) is 38.5 Å². The van der Waals surface area contributed by atoms with E-state index in [4.69, 9.17) is 5.73 Å². The second-order valence-electron chi connectivity index (χ2n) is 3.65. The first-order valence-corrected chi connectivity index (χ1v) is 4.70. The molecule has 0 amide bonds. The van der Waals surface area contributed by atoms with Gasteiger partial charge in [-0.25, -0.2) is 4.98 Å². The lowest BCUT2D eigenvalue weighted by molar-refractivity contribution is -0.136. The SMILES string of the molecule is CC(N)Cc1cn(CCC(F)(F)F)cn1. The molecular formula is C9H14F3N3. The van der Waals surface area contributed by atoms with E-state index in [0.717, 1.165) is 5.69 Å². The Morgan fingerprint density at radius 3 is 2.73 bits per heavy atom. The first-order chi connectivity index (χ1) is 6.87. The number of alkyl halides is 3. The highest BCUT2D eigenvalue weighted by atomic mass is 19.4. The summed E-state index contributed by atoms with van der Waals surface area (Å²) in [6.07, 6.45) is -1.36. The zero-order valence-corrected chi connectivity index (χ0v) is 8.46. The van der Waals surface area contributed by atoms with Crippen LogP contribution in [-0.2, 0) is 13.0 Å². The van der Waals surface area contributed by atoms with Crippen molar-refractivity contribution >= 4 is 0 Å². The minimum absolute atomic E-state index is 0.0315. The van der Waals surface area contributed by atoms with Gasteiger partial charge in [0.25, 0.3) is 0 Å². The Morgan fingerprint density at radius 1 is 1.53 bits per heavy atom. The van der Waals surface area contributed by atoms with Gasteiger partial charge in [-0.05, 0) is 6.92 Å². The topological polar surface area (TPSA) is 43.8 Å². The molecule has 1 heterocycles. The Balaban J connectivity index is 2.46. The van der Waals surface area contributed by atoms with Crippen LogP contribution in [0.2, 0.25) is 0 Å². The van der Waals surface area contributed by atoms with E-state index in [1.165, 1.54) is 10.9 Å². The van der Waals surface area contributed by atoms with Crippen LogP contribution in [0.15, 0.2) is 12.5 Å². The Kier molecular flexibility index (Phi) is 3.73. The van der Waals surface area contributed by atoms with E-state index in [9.17, 15) is 13.2 Å². The van der Waals surface area contributed by atoms with Crippen LogP contribution in [0.1, 0.15) is 19.0 Å². The van der Waals surface area contributed by atoms with Gasteiger partial charge in [0.05, 0.1) is 18.4 Å². The van der Waals surface area contributed by atoms with E-state index in [2.05, 4.69) is 4.98 Å². The zero-order valence-electron chi connectivity index (χ0n) is 8.46. The second-order valence-corrected chi connectivity index (χ2v) is 3.65. The molecule has 0 saturated heterocycles. The fourth-order valence-corrected chi connectivity index (χ4v) is 1.22. The zero-order chi connectivity index (χ0) is 11.5. The number of aryl methyl sites for hydroxylation is 1. The number of hydrogen-bond acceptors (Lipinski definition) is 2. The van der Waals surface area contributed by atoms with Crippen molar-refractivity contribution in [3.8, 4) is 0 Å². The Hall–Kier alpha value is -1.04. The van der Waals surface area contributed by atoms with Gasteiger partial charge in [-0.1, -0.05) is 0 Å². The van der Waals surface area contributed by atoms with Gasteiger partial charge in [0.15, 0.2) is 0 Å². The largest absolute Gasteiger partial charge is 0.390 e. The molecule has 0 radical (unpaired) electrons. The first kappa shape index (κ1) is 12.0. The van der Waals surface area contributed by atoms with Crippen LogP contribution in [0.3, 0.4) is 0 Å². The quantitative estimate of drug-likeness (QED) is 0.841. The molecule has 0 aliphatic carbocycles. The predicted octanol–water partition coefficient (Wildman–Crippen LogP) is 1.73. The molecule has 1 unspecified atom stereocenters. The smallest absolute Gasteiger partial charge is 0.337 e. The Labute approximate surface area is 86.1 Å². The summed E-state index contributed by atoms with van der Waals surface area (Å²) in [5, 5.41) is 0. The average Bonchev–Trinajstić information content (AvgIpc) is 2.46. The normalized spacial score (nSPS) is 14.2. The molecule has 2 N–H and O–H groups in total. The molecule has 15 heavy (non-hydrogen) atoms. The summed E-state index contributed by atoms with van der Waals surface area (Å²) < 4.78 is 37.1. The first-order valence-electron chi connectivity index (χ1n) is 4.70. The maximum absolute atomic E-state index is 11.9. The van der Waals surface area contributed by atoms with Gasteiger partial charge in [0, 0.05) is 25.2 Å². The van der Waals surface area contributed by atoms with Crippen LogP contribution in [0.5, 0.6) is 0 Å². The van der Waals surface area contributed by atoms with Crippen molar-refractivity contribution in [1.82, 2.24) is 9.55 Å². The van der Waals surface area contributed by atoms with E-state index in [0.29, 0.717) is 6.42 Å². The van der Waals surface area contributed by atoms with E-state index in [-0.39, 0.29) is 12.6 Å². The van der Waals surface area contributed by atoms with Crippen LogP contribution < -0.4 is 5.73 Å². The highest BCUT2D eigenvalue weighted by Gasteiger charge is 2.26. The molecule has 0 fully saturated rings. The van der Waals surface area contributed by atoms with Crippen LogP contribution >= 0.6 is 0 Å². The van der Waals surface area contributed by atoms with Crippen LogP contribution in [-0.4, -0.2) is 21.8 Å². The summed E-state index contributed by atoms with van der Waals surface area (Å²) >= 11 is 0. The summed E-state index contributed by atoms with van der Waals surface area (Å²) in [6, 6.07) is -0.0315. The summed E-state index contributed by atoms with van der Waals surface area (Å²) in [6.45, 7) is 1.74. The van der Waals surface area contributed by atoms with Crippen LogP contribution in [0, 0.1) is 0 Å². The number of imidazole rings is 1. The molecule has 1 aromatic heterocycles. The average molecular weight is 221 g/mol. The fraction of sp³-hybridized carbons (Fsp3) is 0.667. The second kappa shape index (κ2) is 4.65. The molecule has 0 aliphatic heterocycles. The highest BCUT2D eigenvalue weighted by molar-refractivity contribution is 4.98. The van der Waals surface area contributed by atoms with Gasteiger partial charge in [-0.2, -0.15) is 13.2 Å². The third-order valence-corrected chi connectivity index (χ3v) is 1.87. The summed E-state index contributed by atoms with van der Waals surface area (Å²) in [7, 11) is 0. The van der Waals surface area contributed by atoms with Crippen molar-refractivity contribution < 1.29 is 13.2 Å². The van der Waals surface area contributed by atoms with E-state index in [1.807, 2.05) is 6.92 Å². The number of aromatic nitrogens is 2. The standard InChI is InChI=1S/C9H14F3N3/c1-7(13)4-8-5-15(6-14-8)3-2-9(10,11)12/h5-7H,2-4,13H2,1H3. The summed E-state index contributed by atoms with van der Waals surface area (Å²) in [5.74, 6) is 0. The van der Waals surface area contributed by atoms with Crippen LogP contribution in [0.25, 0.3) is 0 Å². The molecule has 3 nitrogen and oxygen atoms in total. The Bertz CT molecular complexity index is 304. The molecule has 86 valence electrons. The predicted molar refractivity (Wildman–Crippen MR) is 50.3 cm³/mol. The molecule has 0 bridgehead atoms. The number of halogens is 3. The van der Waals surface area contributed by atoms with Crippen molar-refractivity contribution in [1.29, 1.82) is 0 Å². The lowest BCUT2D eigenvalue weighted by atomic mass is 10.2. The molecule has 0 aliphatic rings. The van der Waals surface area contributed by atoms with Crippen molar-refractivity contribution in [2.75, 3.05) is 0 Å². The summed E-state index contributed by atoms with van der Waals surface area (Å²) in [4.78, 5) is 3.97. The number of rotatable bonds is 4. The lowest BCUT2D eigenvalue weighted by Gasteiger charge is -2.05. The summed E-state index contributed by atoms with van der Waals surface area (Å²) in [5.41, 5.74) is 6.28. The minimum Gasteiger partial charge on any atom is -0.337 e. The van der Waals surface area contributed by atoms with Crippen molar-refractivity contribution in [2.24, 2.45) is 5.73 Å². The van der Waals surface area contributed by atoms with E-state index < -0.39 is 12.6 Å². The van der Waals surface area contributed by atoms with Crippen LogP contribution in [0.4, 0.5) is 13.2 Å². The van der Waals surface area contributed by atoms with Gasteiger partial charge < -0.3 is 10.3 Å². The lowest BCUT2D eigenvalue weighted by Crippen LogP contribution is -2.17. The third kappa shape index (κ3) is 4.83. The fourth-order valence-electron chi connectivity index (χ4n) is 1.22. The molecular weight excluding hydrogens is 207 g/mol. The molecule has 0 aromatic carbocycles. The molecule has 1 aromatic rings. The van der Waals surface area contributed by atoms with Gasteiger partial charge >= 0.3 is 6.18 Å². The monoisotopic (exact) mass is 221 g/mol. The number of hydrogen-bond donors (Lipinski definition) is 1. The van der Waals surface area contributed by atoms with Gasteiger partial charge in [-0.15, -0.1) is 0 Å². The van der Waals surface area contributed by atoms with Crippen molar-refractivity contribution in [3.05, 3.63) is 18.2 Å². The van der Waals surface area contributed by atoms with Gasteiger partial charge in [-0.3, -0.25) is 0 Å². The molecule has 1 rings (SSSR count). The molecule has 1 atom stereocenters. The van der Waals surface area contributed by atoms with Crippen molar-refractivity contribution in [3.63, 3.8) is 0 Å². The third-order valence-electron chi connectivity index (χ3n) is 1.87. The molecule has 0 saturated carbocycles. The van der Waals surface area contributed by atoms with E-state index >= 15 is 0 Å². The number of nitrogens with zero attached hydrogens (tertiary/aromatic N) is 2. The van der Waals surface area contributed by atoms with Gasteiger partial charge in [0.2, 0.25) is 0 Å². The van der Waals surface area contributed by atoms with E-state index in [1.54, 1.807) is 6.20 Å². The maximum atomic E-state index is 11.9. The van der Waals surface area contributed by atoms with Gasteiger partial charge in [0.1, 0.15) is 0 Å².